The van der Waals surface area contributed by atoms with E-state index in [1.807, 2.05) is 33.8 Å². The number of benzene rings is 2. The van der Waals surface area contributed by atoms with Gasteiger partial charge in [-0.25, -0.2) is 0 Å². The monoisotopic (exact) mass is 406 g/mol. The van der Waals surface area contributed by atoms with Crippen LogP contribution in [0.3, 0.4) is 0 Å². The van der Waals surface area contributed by atoms with Gasteiger partial charge in [0.2, 0.25) is 11.8 Å². The number of furan rings is 1. The second kappa shape index (κ2) is 8.86. The van der Waals surface area contributed by atoms with Crippen molar-refractivity contribution >= 4 is 39.7 Å². The molecule has 30 heavy (non-hydrogen) atoms. The van der Waals surface area contributed by atoms with Gasteiger partial charge < -0.3 is 19.8 Å². The van der Waals surface area contributed by atoms with E-state index in [4.69, 9.17) is 9.15 Å². The summed E-state index contributed by atoms with van der Waals surface area (Å²) in [5.74, 6) is 0.281. The number of hydrogen-bond donors (Lipinski definition) is 2. The maximum Gasteiger partial charge on any atom is 0.248 e. The molecule has 156 valence electrons. The smallest absolute Gasteiger partial charge is 0.248 e. The highest BCUT2D eigenvalue weighted by Crippen LogP contribution is 2.37. The molecule has 6 heteroatoms. The highest BCUT2D eigenvalue weighted by atomic mass is 16.5. The van der Waals surface area contributed by atoms with Gasteiger partial charge in [-0.1, -0.05) is 6.07 Å². The maximum absolute atomic E-state index is 12.6. The fraction of sp³-hybridized carbons (Fsp3) is 0.250. The number of fused-ring (bicyclic) bond motifs is 1. The summed E-state index contributed by atoms with van der Waals surface area (Å²) in [6.45, 7) is 9.70. The maximum atomic E-state index is 12.6. The Hall–Kier alpha value is -3.54. The molecule has 0 aliphatic rings. The normalized spacial score (nSPS) is 11.4. The fourth-order valence-corrected chi connectivity index (χ4v) is 3.39. The van der Waals surface area contributed by atoms with E-state index in [2.05, 4.69) is 10.6 Å². The molecule has 3 rings (SSSR count). The summed E-state index contributed by atoms with van der Waals surface area (Å²) in [5, 5.41) is 6.54. The molecule has 1 aromatic heterocycles. The van der Waals surface area contributed by atoms with Gasteiger partial charge in [0.15, 0.2) is 0 Å². The molecule has 0 aliphatic heterocycles. The average Bonchev–Trinajstić information content (AvgIpc) is 3.04. The summed E-state index contributed by atoms with van der Waals surface area (Å²) in [6.07, 6.45) is 3.27. The van der Waals surface area contributed by atoms with Crippen molar-refractivity contribution < 1.29 is 18.7 Å². The molecule has 2 N–H and O–H groups in total. The predicted octanol–water partition coefficient (Wildman–Crippen LogP) is 5.45. The van der Waals surface area contributed by atoms with Crippen LogP contribution in [0, 0.1) is 13.8 Å². The SMILES string of the molecule is CCOc1c(/C(C)=C/C(=O)Nc2cccc(NC(C)=O)c2)cc2c(C)coc2c1C. The number of anilines is 2. The van der Waals surface area contributed by atoms with Crippen molar-refractivity contribution in [3.05, 3.63) is 59.4 Å². The lowest BCUT2D eigenvalue weighted by atomic mass is 9.98. The van der Waals surface area contributed by atoms with Crippen molar-refractivity contribution in [2.24, 2.45) is 0 Å². The lowest BCUT2D eigenvalue weighted by Gasteiger charge is -2.14. The Morgan fingerprint density at radius 3 is 2.47 bits per heavy atom. The minimum Gasteiger partial charge on any atom is -0.493 e. The molecule has 0 aliphatic carbocycles. The minimum absolute atomic E-state index is 0.169. The second-order valence-corrected chi connectivity index (χ2v) is 7.19. The number of amides is 2. The van der Waals surface area contributed by atoms with Crippen LogP contribution in [0.1, 0.15) is 37.5 Å². The van der Waals surface area contributed by atoms with Gasteiger partial charge in [0.25, 0.3) is 0 Å². The first kappa shape index (κ1) is 21.2. The van der Waals surface area contributed by atoms with Gasteiger partial charge in [-0.15, -0.1) is 0 Å². The number of aryl methyl sites for hydroxylation is 2. The number of allylic oxidation sites excluding steroid dienone is 1. The molecule has 2 amide bonds. The van der Waals surface area contributed by atoms with Crippen molar-refractivity contribution in [3.63, 3.8) is 0 Å². The van der Waals surface area contributed by atoms with Gasteiger partial charge in [-0.05, 0) is 63.1 Å². The molecule has 0 spiro atoms. The second-order valence-electron chi connectivity index (χ2n) is 7.19. The predicted molar refractivity (Wildman–Crippen MR) is 120 cm³/mol. The van der Waals surface area contributed by atoms with E-state index in [9.17, 15) is 9.59 Å². The molecule has 0 saturated heterocycles. The highest BCUT2D eigenvalue weighted by molar-refractivity contribution is 6.05. The number of rotatable bonds is 6. The molecule has 0 unspecified atom stereocenters. The van der Waals surface area contributed by atoms with E-state index >= 15 is 0 Å². The van der Waals surface area contributed by atoms with Crippen LogP contribution in [-0.2, 0) is 9.59 Å². The third kappa shape index (κ3) is 4.54. The number of carbonyl (C=O) groups is 2. The van der Waals surface area contributed by atoms with Crippen LogP contribution in [0.25, 0.3) is 16.5 Å². The molecular formula is C24H26N2O4. The lowest BCUT2D eigenvalue weighted by Crippen LogP contribution is -2.10. The van der Waals surface area contributed by atoms with E-state index in [0.717, 1.165) is 33.2 Å². The Bertz CT molecular complexity index is 1140. The third-order valence-electron chi connectivity index (χ3n) is 4.75. The summed E-state index contributed by atoms with van der Waals surface area (Å²) in [6, 6.07) is 9.01. The standard InChI is InChI=1S/C24H26N2O4/c1-6-29-23-16(4)24-21(15(3)13-30-24)12-20(23)14(2)10-22(28)26-19-9-7-8-18(11-19)25-17(5)27/h7-13H,6H2,1-5H3,(H,25,27)(H,26,28)/b14-10+. The summed E-state index contributed by atoms with van der Waals surface area (Å²) < 4.78 is 11.6. The van der Waals surface area contributed by atoms with Crippen molar-refractivity contribution in [2.75, 3.05) is 17.2 Å². The largest absolute Gasteiger partial charge is 0.493 e. The Kier molecular flexibility index (Phi) is 6.26. The third-order valence-corrected chi connectivity index (χ3v) is 4.75. The zero-order valence-corrected chi connectivity index (χ0v) is 17.9. The van der Waals surface area contributed by atoms with Gasteiger partial charge in [0.05, 0.1) is 12.9 Å². The van der Waals surface area contributed by atoms with E-state index in [1.54, 1.807) is 36.6 Å². The molecule has 2 aromatic carbocycles. The zero-order valence-electron chi connectivity index (χ0n) is 17.9. The van der Waals surface area contributed by atoms with Crippen molar-refractivity contribution in [1.82, 2.24) is 0 Å². The van der Waals surface area contributed by atoms with Gasteiger partial charge in [0.1, 0.15) is 11.3 Å². The Morgan fingerprint density at radius 1 is 1.10 bits per heavy atom. The van der Waals surface area contributed by atoms with Crippen LogP contribution in [0.5, 0.6) is 5.75 Å². The van der Waals surface area contributed by atoms with Crippen molar-refractivity contribution in [3.8, 4) is 5.75 Å². The zero-order chi connectivity index (χ0) is 21.8. The van der Waals surface area contributed by atoms with Crippen molar-refractivity contribution in [2.45, 2.75) is 34.6 Å². The summed E-state index contributed by atoms with van der Waals surface area (Å²) in [4.78, 5) is 23.9. The van der Waals surface area contributed by atoms with E-state index in [0.29, 0.717) is 23.7 Å². The first-order valence-corrected chi connectivity index (χ1v) is 9.81. The molecule has 0 saturated carbocycles. The van der Waals surface area contributed by atoms with E-state index in [1.165, 1.54) is 6.92 Å². The van der Waals surface area contributed by atoms with Crippen LogP contribution < -0.4 is 15.4 Å². The molecule has 0 atom stereocenters. The van der Waals surface area contributed by atoms with Crippen molar-refractivity contribution in [1.29, 1.82) is 0 Å². The molecule has 6 nitrogen and oxygen atoms in total. The van der Waals surface area contributed by atoms with Crippen LogP contribution in [-0.4, -0.2) is 18.4 Å². The molecule has 1 heterocycles. The first-order chi connectivity index (χ1) is 14.3. The number of ether oxygens (including phenoxy) is 1. The average molecular weight is 406 g/mol. The molecule has 0 bridgehead atoms. The van der Waals surface area contributed by atoms with Crippen LogP contribution in [0.4, 0.5) is 11.4 Å². The summed E-state index contributed by atoms with van der Waals surface area (Å²) in [7, 11) is 0. The van der Waals surface area contributed by atoms with Gasteiger partial charge in [0, 0.05) is 40.9 Å². The summed E-state index contributed by atoms with van der Waals surface area (Å²) >= 11 is 0. The molecule has 0 radical (unpaired) electrons. The fourth-order valence-electron chi connectivity index (χ4n) is 3.39. The van der Waals surface area contributed by atoms with E-state index < -0.39 is 0 Å². The Labute approximate surface area is 175 Å². The Balaban J connectivity index is 1.92. The quantitative estimate of drug-likeness (QED) is 0.534. The molecule has 0 fully saturated rings. The van der Waals surface area contributed by atoms with Crippen LogP contribution >= 0.6 is 0 Å². The first-order valence-electron chi connectivity index (χ1n) is 9.81. The number of nitrogens with one attached hydrogen (secondary N) is 2. The van der Waals surface area contributed by atoms with Crippen LogP contribution in [0.15, 0.2) is 47.1 Å². The number of hydrogen-bond acceptors (Lipinski definition) is 4. The summed E-state index contributed by atoms with van der Waals surface area (Å²) in [5.41, 5.74) is 5.59. The van der Waals surface area contributed by atoms with E-state index in [-0.39, 0.29) is 11.8 Å². The number of carbonyl (C=O) groups excluding carboxylic acids is 2. The topological polar surface area (TPSA) is 80.6 Å². The minimum atomic E-state index is -0.267. The van der Waals surface area contributed by atoms with Gasteiger partial charge >= 0.3 is 0 Å². The molecule has 3 aromatic rings. The highest BCUT2D eigenvalue weighted by Gasteiger charge is 2.17. The Morgan fingerprint density at radius 2 is 1.80 bits per heavy atom. The van der Waals surface area contributed by atoms with Gasteiger partial charge in [-0.3, -0.25) is 9.59 Å². The van der Waals surface area contributed by atoms with Crippen LogP contribution in [0.2, 0.25) is 0 Å². The molecular weight excluding hydrogens is 380 g/mol. The van der Waals surface area contributed by atoms with Gasteiger partial charge in [-0.2, -0.15) is 0 Å². The lowest BCUT2D eigenvalue weighted by molar-refractivity contribution is -0.114.